The molecule has 0 atom stereocenters. The van der Waals surface area contributed by atoms with Gasteiger partial charge in [-0.2, -0.15) is 0 Å². The highest BCUT2D eigenvalue weighted by molar-refractivity contribution is 6.02. The summed E-state index contributed by atoms with van der Waals surface area (Å²) >= 11 is 0. The quantitative estimate of drug-likeness (QED) is 0.363. The van der Waals surface area contributed by atoms with Crippen molar-refractivity contribution in [3.8, 4) is 5.75 Å². The van der Waals surface area contributed by atoms with Crippen LogP contribution in [0, 0.1) is 10.1 Å². The van der Waals surface area contributed by atoms with Crippen LogP contribution in [0.3, 0.4) is 0 Å². The number of nitro benzene ring substituents is 1. The smallest absolute Gasteiger partial charge is 0.291 e. The number of anilines is 1. The Morgan fingerprint density at radius 1 is 1.00 bits per heavy atom. The topological polar surface area (TPSA) is 94.6 Å². The number of carbonyl (C=O) groups excluding carboxylic acids is 1. The Morgan fingerprint density at radius 3 is 2.66 bits per heavy atom. The van der Waals surface area contributed by atoms with Gasteiger partial charge in [0, 0.05) is 23.2 Å². The lowest BCUT2D eigenvalue weighted by atomic mass is 10.1. The molecule has 1 aromatic heterocycles. The van der Waals surface area contributed by atoms with Crippen molar-refractivity contribution in [1.29, 1.82) is 0 Å². The average Bonchev–Trinajstić information content (AvgIpc) is 3.21. The number of benzene rings is 3. The largest absolute Gasteiger partial charge is 0.485 e. The van der Waals surface area contributed by atoms with Crippen LogP contribution in [0.1, 0.15) is 16.3 Å². The van der Waals surface area contributed by atoms with E-state index in [1.807, 2.05) is 42.5 Å². The number of amides is 1. The first-order valence-corrected chi connectivity index (χ1v) is 8.85. The highest BCUT2D eigenvalue weighted by Crippen LogP contribution is 2.26. The summed E-state index contributed by atoms with van der Waals surface area (Å²) in [4.78, 5) is 22.7. The lowest BCUT2D eigenvalue weighted by Gasteiger charge is -2.08. The average molecular weight is 388 g/mol. The number of non-ortho nitro benzene ring substituents is 1. The van der Waals surface area contributed by atoms with Crippen molar-refractivity contribution < 1.29 is 18.9 Å². The molecule has 1 heterocycles. The number of nitrogens with one attached hydrogen (secondary N) is 1. The summed E-state index contributed by atoms with van der Waals surface area (Å²) in [5, 5.41) is 15.5. The van der Waals surface area contributed by atoms with E-state index >= 15 is 0 Å². The van der Waals surface area contributed by atoms with Crippen LogP contribution in [-0.2, 0) is 6.61 Å². The number of nitro groups is 1. The van der Waals surface area contributed by atoms with Crippen molar-refractivity contribution >= 4 is 28.1 Å². The molecule has 3 aromatic carbocycles. The third-order valence-corrected chi connectivity index (χ3v) is 4.32. The van der Waals surface area contributed by atoms with Gasteiger partial charge in [0.25, 0.3) is 11.6 Å². The Bertz CT molecular complexity index is 1190. The first-order chi connectivity index (χ1) is 14.1. The van der Waals surface area contributed by atoms with Crippen molar-refractivity contribution in [3.05, 3.63) is 100 Å². The Kier molecular flexibility index (Phi) is 4.94. The van der Waals surface area contributed by atoms with E-state index in [9.17, 15) is 14.9 Å². The van der Waals surface area contributed by atoms with Crippen molar-refractivity contribution in [3.63, 3.8) is 0 Å². The van der Waals surface area contributed by atoms with Crippen molar-refractivity contribution in [1.82, 2.24) is 0 Å². The van der Waals surface area contributed by atoms with Crippen molar-refractivity contribution in [2.45, 2.75) is 6.61 Å². The molecule has 0 bridgehead atoms. The molecule has 4 aromatic rings. The second-order valence-electron chi connectivity index (χ2n) is 6.29. The van der Waals surface area contributed by atoms with Gasteiger partial charge in [0.1, 0.15) is 18.1 Å². The predicted octanol–water partition coefficient (Wildman–Crippen LogP) is 5.17. The molecule has 0 fully saturated rings. The molecular weight excluding hydrogens is 372 g/mol. The fraction of sp³-hybridized carbons (Fsp3) is 0.0455. The molecule has 7 nitrogen and oxygen atoms in total. The summed E-state index contributed by atoms with van der Waals surface area (Å²) in [6.45, 7) is 0.165. The summed E-state index contributed by atoms with van der Waals surface area (Å²) in [5.74, 6) is 0.805. The minimum atomic E-state index is -0.523. The standard InChI is InChI=1S/C22H16N2O5/c25-22(23-16-7-4-8-17(13-16)24(26)27)21-12-11-18(29-21)14-28-20-10-3-6-15-5-1-2-9-19(15)20/h1-13H,14H2,(H,23,25). The zero-order chi connectivity index (χ0) is 20.2. The molecule has 1 N–H and O–H groups in total. The number of hydrogen-bond donors (Lipinski definition) is 1. The van der Waals surface area contributed by atoms with Crippen molar-refractivity contribution in [2.24, 2.45) is 0 Å². The molecule has 7 heteroatoms. The number of ether oxygens (including phenoxy) is 1. The van der Waals surface area contributed by atoms with E-state index in [-0.39, 0.29) is 18.1 Å². The van der Waals surface area contributed by atoms with Gasteiger partial charge in [0.15, 0.2) is 5.76 Å². The Morgan fingerprint density at radius 2 is 1.79 bits per heavy atom. The van der Waals surface area contributed by atoms with Gasteiger partial charge in [-0.15, -0.1) is 0 Å². The molecule has 0 spiro atoms. The SMILES string of the molecule is O=C(Nc1cccc([N+](=O)[O-])c1)c1ccc(COc2cccc3ccccc23)o1. The number of fused-ring (bicyclic) bond motifs is 1. The molecular formula is C22H16N2O5. The van der Waals surface area contributed by atoms with Gasteiger partial charge >= 0.3 is 0 Å². The molecule has 29 heavy (non-hydrogen) atoms. The van der Waals surface area contributed by atoms with Crippen LogP contribution in [0.15, 0.2) is 83.3 Å². The third kappa shape index (κ3) is 4.08. The van der Waals surface area contributed by atoms with Crippen LogP contribution in [0.5, 0.6) is 5.75 Å². The number of carbonyl (C=O) groups is 1. The van der Waals surface area contributed by atoms with Crippen LogP contribution in [0.25, 0.3) is 10.8 Å². The Balaban J connectivity index is 1.43. The third-order valence-electron chi connectivity index (χ3n) is 4.32. The molecule has 0 aliphatic carbocycles. The maximum atomic E-state index is 12.3. The van der Waals surface area contributed by atoms with Crippen LogP contribution in [-0.4, -0.2) is 10.8 Å². The fourth-order valence-electron chi connectivity index (χ4n) is 2.94. The van der Waals surface area contributed by atoms with Gasteiger partial charge in [-0.1, -0.05) is 42.5 Å². The van der Waals surface area contributed by atoms with Crippen LogP contribution < -0.4 is 10.1 Å². The second-order valence-corrected chi connectivity index (χ2v) is 6.29. The highest BCUT2D eigenvalue weighted by Gasteiger charge is 2.14. The molecule has 0 radical (unpaired) electrons. The molecule has 144 valence electrons. The molecule has 0 unspecified atom stereocenters. The minimum Gasteiger partial charge on any atom is -0.485 e. The van der Waals surface area contributed by atoms with E-state index in [4.69, 9.17) is 9.15 Å². The van der Waals surface area contributed by atoms with E-state index in [1.54, 1.807) is 12.1 Å². The van der Waals surface area contributed by atoms with Gasteiger partial charge in [-0.3, -0.25) is 14.9 Å². The lowest BCUT2D eigenvalue weighted by molar-refractivity contribution is -0.384. The monoisotopic (exact) mass is 388 g/mol. The van der Waals surface area contributed by atoms with Crippen LogP contribution in [0.2, 0.25) is 0 Å². The molecule has 0 aliphatic rings. The number of rotatable bonds is 6. The van der Waals surface area contributed by atoms with Crippen LogP contribution >= 0.6 is 0 Å². The van der Waals surface area contributed by atoms with Gasteiger partial charge in [-0.05, 0) is 29.7 Å². The molecule has 4 rings (SSSR count). The maximum Gasteiger partial charge on any atom is 0.291 e. The van der Waals surface area contributed by atoms with E-state index in [2.05, 4.69) is 5.32 Å². The Hall–Kier alpha value is -4.13. The molecule has 0 saturated carbocycles. The lowest BCUT2D eigenvalue weighted by Crippen LogP contribution is -2.11. The van der Waals surface area contributed by atoms with Gasteiger partial charge in [0.2, 0.25) is 0 Å². The zero-order valence-corrected chi connectivity index (χ0v) is 15.2. The first-order valence-electron chi connectivity index (χ1n) is 8.85. The zero-order valence-electron chi connectivity index (χ0n) is 15.2. The Labute approximate surface area is 165 Å². The van der Waals surface area contributed by atoms with E-state index < -0.39 is 10.8 Å². The summed E-state index contributed by atoms with van der Waals surface area (Å²) < 4.78 is 11.4. The second kappa shape index (κ2) is 7.85. The van der Waals surface area contributed by atoms with Gasteiger partial charge < -0.3 is 14.5 Å². The predicted molar refractivity (Wildman–Crippen MR) is 108 cm³/mol. The van der Waals surface area contributed by atoms with Crippen LogP contribution in [0.4, 0.5) is 11.4 Å². The first kappa shape index (κ1) is 18.2. The number of nitrogens with zero attached hydrogens (tertiary/aromatic N) is 1. The van der Waals surface area contributed by atoms with E-state index in [0.29, 0.717) is 11.4 Å². The molecule has 0 aliphatic heterocycles. The maximum absolute atomic E-state index is 12.3. The van der Waals surface area contributed by atoms with E-state index in [1.165, 1.54) is 24.3 Å². The fourth-order valence-corrected chi connectivity index (χ4v) is 2.94. The van der Waals surface area contributed by atoms with Crippen molar-refractivity contribution in [2.75, 3.05) is 5.32 Å². The summed E-state index contributed by atoms with van der Waals surface area (Å²) in [6.07, 6.45) is 0. The van der Waals surface area contributed by atoms with Gasteiger partial charge in [0.05, 0.1) is 4.92 Å². The van der Waals surface area contributed by atoms with E-state index in [0.717, 1.165) is 16.5 Å². The normalized spacial score (nSPS) is 10.6. The molecule has 1 amide bonds. The molecule has 0 saturated heterocycles. The highest BCUT2D eigenvalue weighted by atomic mass is 16.6. The summed E-state index contributed by atoms with van der Waals surface area (Å²) in [6, 6.07) is 22.6. The van der Waals surface area contributed by atoms with Gasteiger partial charge in [-0.25, -0.2) is 0 Å². The summed E-state index contributed by atoms with van der Waals surface area (Å²) in [7, 11) is 0. The summed E-state index contributed by atoms with van der Waals surface area (Å²) in [5.41, 5.74) is 0.209. The number of furan rings is 1. The minimum absolute atomic E-state index is 0.0908. The number of hydrogen-bond acceptors (Lipinski definition) is 5.